The molecule has 21 N–H and O–H groups in total. The van der Waals surface area contributed by atoms with Gasteiger partial charge in [0.2, 0.25) is 41.1 Å². The lowest BCUT2D eigenvalue weighted by molar-refractivity contribution is -0.143. The number of hydrogen-bond donors (Lipinski definition) is 17. The number of H-pyrrole nitrogens is 1. The van der Waals surface area contributed by atoms with Crippen molar-refractivity contribution in [2.75, 3.05) is 55.9 Å². The molecule has 1 aliphatic carbocycles. The number of guanidine groups is 1. The number of primary amides is 1. The predicted octanol–water partition coefficient (Wildman–Crippen LogP) is -4.73. The number of nitrogen functional groups attached to an aromatic ring is 1. The Hall–Kier alpha value is -10.2. The molecular weight excluding hydrogens is 1260 g/mol. The minimum Gasteiger partial charge on any atom is -0.481 e. The van der Waals surface area contributed by atoms with Crippen LogP contribution in [-0.4, -0.2) is 215 Å². The van der Waals surface area contributed by atoms with E-state index in [2.05, 4.69) is 67.5 Å². The van der Waals surface area contributed by atoms with Gasteiger partial charge in [-0.1, -0.05) is 21.6 Å². The molecule has 0 saturated carbocycles. The lowest BCUT2D eigenvalue weighted by atomic mass is 9.82. The molecule has 39 heteroatoms. The van der Waals surface area contributed by atoms with Crippen LogP contribution in [0.2, 0.25) is 0 Å². The number of nitrogens with two attached hydrogens (primary N) is 4. The van der Waals surface area contributed by atoms with Crippen LogP contribution in [0.4, 0.5) is 16.4 Å². The molecule has 0 spiro atoms. The molecule has 92 heavy (non-hydrogen) atoms. The smallest absolute Gasteiger partial charge is 0.404 e. The first-order valence-corrected chi connectivity index (χ1v) is 30.5. The highest BCUT2D eigenvalue weighted by Gasteiger charge is 2.72. The molecule has 0 bridgehead atoms. The van der Waals surface area contributed by atoms with Crippen molar-refractivity contribution in [1.29, 1.82) is 0 Å². The van der Waals surface area contributed by atoms with Crippen molar-refractivity contribution in [1.82, 2.24) is 62.1 Å². The minimum atomic E-state index is -1.99. The molecule has 9 atom stereocenters. The Morgan fingerprint density at radius 2 is 1.45 bits per heavy atom. The molecule has 37 nitrogen and oxygen atoms in total. The number of benzene rings is 1. The minimum absolute atomic E-state index is 0.00348. The van der Waals surface area contributed by atoms with Gasteiger partial charge < -0.3 is 100 Å². The van der Waals surface area contributed by atoms with E-state index in [0.717, 1.165) is 21.6 Å². The fourth-order valence-electron chi connectivity index (χ4n) is 10.5. The van der Waals surface area contributed by atoms with Crippen LogP contribution in [0, 0.1) is 5.92 Å². The van der Waals surface area contributed by atoms with Crippen molar-refractivity contribution < 1.29 is 87.4 Å². The number of carboxylic acid groups (broad SMARTS) is 4. The van der Waals surface area contributed by atoms with Crippen molar-refractivity contribution in [2.45, 2.75) is 100 Å². The lowest BCUT2D eigenvalue weighted by Crippen LogP contribution is -2.58. The average molecular weight is 1320 g/mol. The Labute approximate surface area is 527 Å². The Kier molecular flexibility index (Phi) is 23.0. The summed E-state index contributed by atoms with van der Waals surface area (Å²) in [7, 11) is 3.48. The van der Waals surface area contributed by atoms with Crippen molar-refractivity contribution in [3.63, 3.8) is 0 Å². The maximum absolute atomic E-state index is 14.2. The van der Waals surface area contributed by atoms with Gasteiger partial charge in [0.15, 0.2) is 22.8 Å². The lowest BCUT2D eigenvalue weighted by Gasteiger charge is -2.39. The summed E-state index contributed by atoms with van der Waals surface area (Å²) >= 11 is 0. The van der Waals surface area contributed by atoms with Gasteiger partial charge in [-0.05, 0) is 50.5 Å². The largest absolute Gasteiger partial charge is 0.481 e. The molecule has 4 aliphatic rings. The van der Waals surface area contributed by atoms with E-state index in [9.17, 15) is 82.8 Å². The molecular formula is C53H66N18O19S2. The number of carbonyl (C=O) groups is 12. The Bertz CT molecular complexity index is 3600. The van der Waals surface area contributed by atoms with E-state index in [1.54, 1.807) is 4.90 Å². The van der Waals surface area contributed by atoms with Gasteiger partial charge in [-0.25, -0.2) is 24.4 Å². The van der Waals surface area contributed by atoms with E-state index in [1.165, 1.54) is 44.5 Å². The first-order valence-electron chi connectivity index (χ1n) is 28.0. The zero-order valence-electron chi connectivity index (χ0n) is 49.0. The normalized spacial score (nSPS) is 19.4. The second-order valence-electron chi connectivity index (χ2n) is 21.1. The Morgan fingerprint density at radius 1 is 0.804 bits per heavy atom. The Balaban J connectivity index is 0.910. The number of Topliss-reactive ketones (excluding diaryl/α,β-unsaturated/α-hetero) is 2. The van der Waals surface area contributed by atoms with Crippen LogP contribution in [0.1, 0.15) is 61.5 Å². The highest BCUT2D eigenvalue weighted by Crippen LogP contribution is 2.55. The quantitative estimate of drug-likeness (QED) is 0.00657. The fraction of sp³-hybridized carbons (Fsp3) is 0.453. The number of nitrogens with zero attached hydrogens (tertiary/aromatic N) is 5. The number of aliphatic carboxylic acids is 4. The third kappa shape index (κ3) is 17.0. The van der Waals surface area contributed by atoms with Gasteiger partial charge in [0.1, 0.15) is 36.8 Å². The zero-order chi connectivity index (χ0) is 67.3. The second kappa shape index (κ2) is 30.6. The number of amides is 6. The highest BCUT2D eigenvalue weighted by molar-refractivity contribution is 8.76. The molecule has 7 rings (SSSR count). The topological polar surface area (TPSA) is 602 Å². The van der Waals surface area contributed by atoms with Crippen LogP contribution in [0.25, 0.3) is 11.2 Å². The molecule has 1 aromatic carbocycles. The molecule has 494 valence electrons. The highest BCUT2D eigenvalue weighted by atomic mass is 33.1. The van der Waals surface area contributed by atoms with Crippen molar-refractivity contribution in [3.8, 4) is 0 Å². The summed E-state index contributed by atoms with van der Waals surface area (Å²) in [5, 5.41) is 59.9. The first kappa shape index (κ1) is 69.3. The zero-order valence-corrected chi connectivity index (χ0v) is 50.6. The third-order valence-electron chi connectivity index (χ3n) is 14.8. The summed E-state index contributed by atoms with van der Waals surface area (Å²) in [6.07, 6.45) is -3.64. The SMILES string of the molecule is CO[C@@]12[C@H](COC(N)=O)C3=C(C(=O)C(C)=C(NCCSSC[C@H](NC(=O)[C@H](CC(=O)O)NC(=O)[C@H](CCCN=C(N)N)NC(=O)[C@H](CC(=O)O)NC(=O)CC[C@H](NC(=O)c4ccc(NCc5cnc6nc(N)[nH]c(=O)c6n5)cc4)C(=O)O)C(=O)O)C3=O)N1C[C@@H]1N[C@@H]12. The summed E-state index contributed by atoms with van der Waals surface area (Å²) in [4.78, 5) is 188. The van der Waals surface area contributed by atoms with E-state index in [1.807, 2.05) is 0 Å². The number of allylic oxidation sites excluding steroid dienone is 2. The molecule has 2 aromatic heterocycles. The third-order valence-corrected chi connectivity index (χ3v) is 17.3. The van der Waals surface area contributed by atoms with Crippen LogP contribution in [-0.2, 0) is 64.0 Å². The number of rotatable bonds is 35. The summed E-state index contributed by atoms with van der Waals surface area (Å²) < 4.78 is 11.1. The molecule has 0 unspecified atom stereocenters. The van der Waals surface area contributed by atoms with Crippen LogP contribution >= 0.6 is 21.6 Å². The predicted molar refractivity (Wildman–Crippen MR) is 323 cm³/mol. The molecule has 3 aliphatic heterocycles. The van der Waals surface area contributed by atoms with Gasteiger partial charge in [0.05, 0.1) is 54.6 Å². The number of ether oxygens (including phenoxy) is 2. The Morgan fingerprint density at radius 3 is 2.08 bits per heavy atom. The van der Waals surface area contributed by atoms with Gasteiger partial charge in [-0.15, -0.1) is 0 Å². The molecule has 5 heterocycles. The molecule has 6 amide bonds. The number of carbonyl (C=O) groups excluding carboxylic acids is 8. The van der Waals surface area contributed by atoms with Crippen LogP contribution in [0.15, 0.2) is 62.8 Å². The number of aromatic nitrogens is 4. The van der Waals surface area contributed by atoms with Gasteiger partial charge in [-0.2, -0.15) is 4.98 Å². The van der Waals surface area contributed by atoms with Gasteiger partial charge in [0.25, 0.3) is 11.5 Å². The number of aromatic amines is 1. The van der Waals surface area contributed by atoms with Gasteiger partial charge in [0, 0.05) is 73.1 Å². The van der Waals surface area contributed by atoms with Crippen LogP contribution in [0.5, 0.6) is 0 Å². The maximum atomic E-state index is 14.2. The van der Waals surface area contributed by atoms with Crippen molar-refractivity contribution in [2.24, 2.45) is 28.1 Å². The number of anilines is 2. The number of methoxy groups -OCH3 is 1. The second-order valence-corrected chi connectivity index (χ2v) is 23.7. The summed E-state index contributed by atoms with van der Waals surface area (Å²) in [6.45, 7) is 1.49. The number of piperazine rings is 1. The average Bonchev–Trinajstić information content (AvgIpc) is 1.50. The number of carboxylic acids is 4. The summed E-state index contributed by atoms with van der Waals surface area (Å²) in [5.74, 6) is -14.6. The molecule has 2 fully saturated rings. The van der Waals surface area contributed by atoms with Crippen LogP contribution < -0.4 is 71.0 Å². The monoisotopic (exact) mass is 1320 g/mol. The van der Waals surface area contributed by atoms with E-state index in [-0.39, 0.29) is 114 Å². The number of ketones is 2. The number of nitrogens with one attached hydrogen (secondary N) is 9. The van der Waals surface area contributed by atoms with Crippen molar-refractivity contribution in [3.05, 3.63) is 74.6 Å². The van der Waals surface area contributed by atoms with E-state index >= 15 is 0 Å². The van der Waals surface area contributed by atoms with E-state index < -0.39 is 144 Å². The van der Waals surface area contributed by atoms with E-state index in [4.69, 9.17) is 32.4 Å². The standard InChI is InChI=1S/C53H66N18O19S2/c1-21-36(40(78)35-25(19-90-52(57)88)53(89-2)41-30(64-41)18-71(53)38(35)39(21)77)58-12-13-91-92-20-31(49(86)87)68-46(82)29(15-34(75)76)67-44(80)26(4-3-11-59-50(54)55)65-45(81)28(14-33(73)74)63-32(72)10-9-27(48(84)85)66-43(79)22-5-7-23(8-6-22)60-16-24-17-61-42-37(62-24)47(83)70-51(56)69-42/h5-8,17,25-31,41,58,60,64H,3-4,9-16,18-20H2,1-2H3,(H2,57,88)(H,63,72)(H,65,81)(H,66,79)(H,67,80)(H,68,82)(H,73,74)(H,75,76)(H,84,85)(H,86,87)(H4,54,55,59)(H3,56,61,69,70,83)/t25-,26+,27+,28+,29+,30+,31+,41+,53-/m1/s1. The van der Waals surface area contributed by atoms with Crippen molar-refractivity contribution >= 4 is 121 Å². The molecule has 2 saturated heterocycles. The van der Waals surface area contributed by atoms with Gasteiger partial charge in [-0.3, -0.25) is 57.9 Å². The summed E-state index contributed by atoms with van der Waals surface area (Å²) in [5.41, 5.74) is 21.1. The number of hydrogen-bond acceptors (Lipinski definition) is 26. The number of aliphatic imine (C=N–C) groups is 1. The van der Waals surface area contributed by atoms with Gasteiger partial charge >= 0.3 is 30.0 Å². The maximum Gasteiger partial charge on any atom is 0.404 e. The van der Waals surface area contributed by atoms with Crippen LogP contribution in [0.3, 0.4) is 0 Å². The summed E-state index contributed by atoms with van der Waals surface area (Å²) in [6, 6.07) is -3.65. The molecule has 3 aromatic rings. The first-order chi connectivity index (χ1) is 43.6. The van der Waals surface area contributed by atoms with E-state index in [0.29, 0.717) is 17.9 Å². The fourth-order valence-corrected chi connectivity index (χ4v) is 12.5. The molecule has 0 radical (unpaired) electrons. The number of fused-ring (bicyclic) bond motifs is 5.